The minimum Gasteiger partial charge on any atom is -0.495 e. The van der Waals surface area contributed by atoms with Crippen molar-refractivity contribution in [1.82, 2.24) is 4.90 Å². The number of nitrogens with zero attached hydrogens (tertiary/aromatic N) is 2. The number of anilines is 2. The number of benzene rings is 2. The molecule has 1 aliphatic rings. The summed E-state index contributed by atoms with van der Waals surface area (Å²) in [5.41, 5.74) is 0.819. The zero-order valence-electron chi connectivity index (χ0n) is 20.4. The van der Waals surface area contributed by atoms with Gasteiger partial charge in [-0.3, -0.25) is 18.8 Å². The number of ether oxygens (including phenoxy) is 2. The minimum absolute atomic E-state index is 0.0413. The highest BCUT2D eigenvalue weighted by Crippen LogP contribution is 2.31. The number of rotatable bonds is 10. The quantitative estimate of drug-likeness (QED) is 0.497. The number of esters is 1. The molecule has 9 nitrogen and oxygen atoms in total. The molecule has 3 rings (SSSR count). The lowest BCUT2D eigenvalue weighted by atomic mass is 9.98. The zero-order chi connectivity index (χ0) is 25.4. The first-order chi connectivity index (χ1) is 16.8. The van der Waals surface area contributed by atoms with Gasteiger partial charge in [0.1, 0.15) is 5.75 Å². The first kappa shape index (κ1) is 26.5. The molecule has 0 saturated carbocycles. The van der Waals surface area contributed by atoms with E-state index in [1.54, 1.807) is 38.1 Å². The third-order valence-electron chi connectivity index (χ3n) is 5.86. The molecule has 1 N–H and O–H groups in total. The monoisotopic (exact) mass is 503 g/mol. The number of amides is 1. The number of methoxy groups -OCH3 is 1. The van der Waals surface area contributed by atoms with E-state index in [0.29, 0.717) is 31.1 Å². The summed E-state index contributed by atoms with van der Waals surface area (Å²) in [5.74, 6) is -0.463. The minimum atomic E-state index is -3.87. The number of likely N-dealkylation sites (tertiary alicyclic amines) is 1. The molecule has 1 unspecified atom stereocenters. The first-order valence-corrected chi connectivity index (χ1v) is 13.2. The lowest BCUT2D eigenvalue weighted by Crippen LogP contribution is -2.43. The van der Waals surface area contributed by atoms with Gasteiger partial charge in [-0.25, -0.2) is 8.42 Å². The molecule has 190 valence electrons. The third-order valence-corrected chi connectivity index (χ3v) is 7.76. The van der Waals surface area contributed by atoms with Crippen molar-refractivity contribution in [1.29, 1.82) is 0 Å². The van der Waals surface area contributed by atoms with Gasteiger partial charge in [0.05, 0.1) is 42.4 Å². The molecule has 1 heterocycles. The van der Waals surface area contributed by atoms with Crippen LogP contribution in [0.25, 0.3) is 0 Å². The molecule has 10 heteroatoms. The second-order valence-corrected chi connectivity index (χ2v) is 10.1. The molecule has 1 atom stereocenters. The van der Waals surface area contributed by atoms with Crippen LogP contribution in [-0.4, -0.2) is 65.1 Å². The predicted molar refractivity (Wildman–Crippen MR) is 134 cm³/mol. The molecule has 1 aliphatic heterocycles. The Morgan fingerprint density at radius 2 is 1.89 bits per heavy atom. The van der Waals surface area contributed by atoms with Gasteiger partial charge in [-0.2, -0.15) is 0 Å². The lowest BCUT2D eigenvalue weighted by Gasteiger charge is -2.30. The number of carbonyl (C=O) groups excluding carboxylic acids is 2. The fourth-order valence-electron chi connectivity index (χ4n) is 4.20. The van der Waals surface area contributed by atoms with Crippen LogP contribution in [0, 0.1) is 5.92 Å². The maximum absolute atomic E-state index is 13.4. The molecule has 2 aromatic rings. The molecule has 1 saturated heterocycles. The standard InChI is InChI=1S/C25H33N3O6S/c1-4-28(20-11-7-6-8-12-20)35(31,32)21-13-14-23(33-3)22(16-21)26-24(29)18-27-15-9-10-19(17-27)25(30)34-5-2/h6-8,11-14,16,19H,4-5,9-10,15,17-18H2,1-3H3,(H,26,29). The van der Waals surface area contributed by atoms with Crippen molar-refractivity contribution < 1.29 is 27.5 Å². The van der Waals surface area contributed by atoms with Crippen molar-refractivity contribution >= 4 is 33.3 Å². The Bertz CT molecular complexity index is 1120. The average molecular weight is 504 g/mol. The molecule has 0 aromatic heterocycles. The summed E-state index contributed by atoms with van der Waals surface area (Å²) in [4.78, 5) is 26.9. The van der Waals surface area contributed by atoms with Gasteiger partial charge in [-0.05, 0) is 63.6 Å². The number of carbonyl (C=O) groups is 2. The summed E-state index contributed by atoms with van der Waals surface area (Å²) in [6, 6.07) is 13.2. The van der Waals surface area contributed by atoms with Gasteiger partial charge in [0, 0.05) is 13.1 Å². The van der Waals surface area contributed by atoms with Crippen LogP contribution in [0.5, 0.6) is 5.75 Å². The third kappa shape index (κ3) is 6.52. The van der Waals surface area contributed by atoms with Gasteiger partial charge < -0.3 is 14.8 Å². The van der Waals surface area contributed by atoms with E-state index in [-0.39, 0.29) is 41.5 Å². The molecular formula is C25H33N3O6S. The Balaban J connectivity index is 1.76. The maximum atomic E-state index is 13.4. The molecule has 0 radical (unpaired) electrons. The van der Waals surface area contributed by atoms with Crippen molar-refractivity contribution in [3.05, 3.63) is 48.5 Å². The van der Waals surface area contributed by atoms with Crippen LogP contribution in [0.4, 0.5) is 11.4 Å². The van der Waals surface area contributed by atoms with E-state index in [1.807, 2.05) is 11.0 Å². The number of sulfonamides is 1. The van der Waals surface area contributed by atoms with E-state index in [2.05, 4.69) is 5.32 Å². The topological polar surface area (TPSA) is 105 Å². The Labute approximate surface area is 207 Å². The SMILES string of the molecule is CCOC(=O)C1CCCN(CC(=O)Nc2cc(S(=O)(=O)N(CC)c3ccccc3)ccc2OC)C1. The van der Waals surface area contributed by atoms with E-state index in [0.717, 1.165) is 12.8 Å². The number of para-hydroxylation sites is 1. The Hall–Kier alpha value is -3.11. The van der Waals surface area contributed by atoms with E-state index in [4.69, 9.17) is 9.47 Å². The predicted octanol–water partition coefficient (Wildman–Crippen LogP) is 3.12. The van der Waals surface area contributed by atoms with Gasteiger partial charge in [0.25, 0.3) is 10.0 Å². The molecule has 35 heavy (non-hydrogen) atoms. The van der Waals surface area contributed by atoms with Crippen LogP contribution in [0.3, 0.4) is 0 Å². The van der Waals surface area contributed by atoms with Gasteiger partial charge in [-0.15, -0.1) is 0 Å². The van der Waals surface area contributed by atoms with Gasteiger partial charge in [0.2, 0.25) is 5.91 Å². The Morgan fingerprint density at radius 1 is 1.14 bits per heavy atom. The Morgan fingerprint density at radius 3 is 2.54 bits per heavy atom. The molecule has 0 bridgehead atoms. The van der Waals surface area contributed by atoms with Crippen molar-refractivity contribution in [3.63, 3.8) is 0 Å². The first-order valence-electron chi connectivity index (χ1n) is 11.7. The molecule has 1 fully saturated rings. The van der Waals surface area contributed by atoms with Crippen molar-refractivity contribution in [2.75, 3.05) is 49.5 Å². The van der Waals surface area contributed by atoms with Crippen LogP contribution in [0.1, 0.15) is 26.7 Å². The van der Waals surface area contributed by atoms with Crippen LogP contribution in [0.15, 0.2) is 53.4 Å². The van der Waals surface area contributed by atoms with Gasteiger partial charge in [-0.1, -0.05) is 18.2 Å². The molecule has 1 amide bonds. The van der Waals surface area contributed by atoms with Crippen molar-refractivity contribution in [2.24, 2.45) is 5.92 Å². The summed E-state index contributed by atoms with van der Waals surface area (Å²) in [6.07, 6.45) is 1.53. The van der Waals surface area contributed by atoms with Crippen LogP contribution in [0.2, 0.25) is 0 Å². The summed E-state index contributed by atoms with van der Waals surface area (Å²) in [6.45, 7) is 5.32. The number of hydrogen-bond acceptors (Lipinski definition) is 7. The fraction of sp³-hybridized carbons (Fsp3) is 0.440. The van der Waals surface area contributed by atoms with Crippen LogP contribution in [-0.2, 0) is 24.3 Å². The maximum Gasteiger partial charge on any atom is 0.310 e. The van der Waals surface area contributed by atoms with Crippen LogP contribution < -0.4 is 14.4 Å². The summed E-state index contributed by atoms with van der Waals surface area (Å²) >= 11 is 0. The molecule has 0 spiro atoms. The normalized spacial score (nSPS) is 16.4. The highest BCUT2D eigenvalue weighted by atomic mass is 32.2. The average Bonchev–Trinajstić information content (AvgIpc) is 2.85. The number of hydrogen-bond donors (Lipinski definition) is 1. The van der Waals surface area contributed by atoms with Gasteiger partial charge in [0.15, 0.2) is 0 Å². The van der Waals surface area contributed by atoms with E-state index < -0.39 is 10.0 Å². The smallest absolute Gasteiger partial charge is 0.310 e. The highest BCUT2D eigenvalue weighted by molar-refractivity contribution is 7.92. The van der Waals surface area contributed by atoms with Crippen molar-refractivity contribution in [3.8, 4) is 5.75 Å². The summed E-state index contributed by atoms with van der Waals surface area (Å²) in [5, 5.41) is 2.78. The van der Waals surface area contributed by atoms with E-state index >= 15 is 0 Å². The second kappa shape index (κ2) is 12.0. The second-order valence-electron chi connectivity index (χ2n) is 8.24. The lowest BCUT2D eigenvalue weighted by molar-refractivity contribution is -0.150. The van der Waals surface area contributed by atoms with E-state index in [9.17, 15) is 18.0 Å². The molecule has 2 aromatic carbocycles. The largest absolute Gasteiger partial charge is 0.495 e. The summed E-state index contributed by atoms with van der Waals surface area (Å²) in [7, 11) is -2.42. The summed E-state index contributed by atoms with van der Waals surface area (Å²) < 4.78 is 38.6. The molecular weight excluding hydrogens is 470 g/mol. The van der Waals surface area contributed by atoms with Crippen molar-refractivity contribution in [2.45, 2.75) is 31.6 Å². The Kier molecular flexibility index (Phi) is 9.11. The molecule has 0 aliphatic carbocycles. The van der Waals surface area contributed by atoms with Crippen LogP contribution >= 0.6 is 0 Å². The fourth-order valence-corrected chi connectivity index (χ4v) is 5.70. The van der Waals surface area contributed by atoms with E-state index in [1.165, 1.54) is 29.6 Å². The number of piperidine rings is 1. The zero-order valence-corrected chi connectivity index (χ0v) is 21.2. The highest BCUT2D eigenvalue weighted by Gasteiger charge is 2.28. The number of nitrogens with one attached hydrogen (secondary N) is 1. The van der Waals surface area contributed by atoms with Gasteiger partial charge >= 0.3 is 5.97 Å².